The third-order valence-electron chi connectivity index (χ3n) is 4.52. The van der Waals surface area contributed by atoms with E-state index >= 15 is 0 Å². The summed E-state index contributed by atoms with van der Waals surface area (Å²) in [6.45, 7) is 1.38. The lowest BCUT2D eigenvalue weighted by Crippen LogP contribution is -2.17. The zero-order chi connectivity index (χ0) is 19.3. The maximum Gasteiger partial charge on any atom is 0.206 e. The highest BCUT2D eigenvalue weighted by Crippen LogP contribution is 2.32. The van der Waals surface area contributed by atoms with Gasteiger partial charge in [-0.25, -0.2) is 4.68 Å². The monoisotopic (exact) mass is 395 g/mol. The second kappa shape index (κ2) is 8.41. The quantitative estimate of drug-likeness (QED) is 0.648. The Bertz CT molecular complexity index is 1030. The SMILES string of the molecule is Oc1ccc(-c2csc(=NCC3CCCO3)n2/N=C/c2ccccc2)c(O)c1. The van der Waals surface area contributed by atoms with E-state index in [-0.39, 0.29) is 17.6 Å². The van der Waals surface area contributed by atoms with Crippen LogP contribution in [0.1, 0.15) is 18.4 Å². The number of thiazole rings is 1. The predicted molar refractivity (Wildman–Crippen MR) is 110 cm³/mol. The molecule has 28 heavy (non-hydrogen) atoms. The molecule has 0 aliphatic carbocycles. The molecule has 4 rings (SSSR count). The molecule has 1 fully saturated rings. The summed E-state index contributed by atoms with van der Waals surface area (Å²) in [6.07, 6.45) is 4.01. The molecule has 0 radical (unpaired) electrons. The summed E-state index contributed by atoms with van der Waals surface area (Å²) < 4.78 is 7.38. The second-order valence-electron chi connectivity index (χ2n) is 6.55. The van der Waals surface area contributed by atoms with Crippen molar-refractivity contribution < 1.29 is 14.9 Å². The first-order valence-electron chi connectivity index (χ1n) is 9.15. The van der Waals surface area contributed by atoms with Crippen LogP contribution in [0.4, 0.5) is 0 Å². The zero-order valence-electron chi connectivity index (χ0n) is 15.2. The molecule has 1 atom stereocenters. The summed E-state index contributed by atoms with van der Waals surface area (Å²) >= 11 is 1.46. The van der Waals surface area contributed by atoms with E-state index < -0.39 is 0 Å². The van der Waals surface area contributed by atoms with Crippen LogP contribution >= 0.6 is 11.3 Å². The molecule has 1 saturated heterocycles. The number of benzene rings is 2. The fraction of sp³-hybridized carbons (Fsp3) is 0.238. The smallest absolute Gasteiger partial charge is 0.206 e. The summed E-state index contributed by atoms with van der Waals surface area (Å²) in [5.41, 5.74) is 2.26. The first-order chi connectivity index (χ1) is 13.7. The largest absolute Gasteiger partial charge is 0.508 e. The zero-order valence-corrected chi connectivity index (χ0v) is 16.0. The minimum atomic E-state index is -0.00728. The maximum atomic E-state index is 10.3. The van der Waals surface area contributed by atoms with Crippen LogP contribution in [0.3, 0.4) is 0 Å². The number of hydrogen-bond acceptors (Lipinski definition) is 6. The first kappa shape index (κ1) is 18.5. The van der Waals surface area contributed by atoms with Crippen LogP contribution in [0.5, 0.6) is 11.5 Å². The van der Waals surface area contributed by atoms with Crippen molar-refractivity contribution in [3.63, 3.8) is 0 Å². The Kier molecular flexibility index (Phi) is 5.55. The molecule has 2 N–H and O–H groups in total. The van der Waals surface area contributed by atoms with Crippen LogP contribution in [-0.4, -0.2) is 40.4 Å². The van der Waals surface area contributed by atoms with Gasteiger partial charge in [0.1, 0.15) is 11.5 Å². The summed E-state index contributed by atoms with van der Waals surface area (Å²) in [4.78, 5) is 5.43. The minimum absolute atomic E-state index is 0.00728. The average Bonchev–Trinajstić information content (AvgIpc) is 3.35. The van der Waals surface area contributed by atoms with Crippen LogP contribution in [0.2, 0.25) is 0 Å². The second-order valence-corrected chi connectivity index (χ2v) is 7.38. The fourth-order valence-corrected chi connectivity index (χ4v) is 3.91. The van der Waals surface area contributed by atoms with Gasteiger partial charge in [0.2, 0.25) is 4.80 Å². The van der Waals surface area contributed by atoms with E-state index in [1.165, 1.54) is 17.4 Å². The van der Waals surface area contributed by atoms with Gasteiger partial charge >= 0.3 is 0 Å². The van der Waals surface area contributed by atoms with Gasteiger partial charge in [0.15, 0.2) is 0 Å². The van der Waals surface area contributed by atoms with E-state index in [4.69, 9.17) is 9.73 Å². The van der Waals surface area contributed by atoms with E-state index in [0.29, 0.717) is 17.8 Å². The highest BCUT2D eigenvalue weighted by Gasteiger charge is 2.16. The summed E-state index contributed by atoms with van der Waals surface area (Å²) in [6, 6.07) is 14.3. The van der Waals surface area contributed by atoms with Gasteiger partial charge in [0.25, 0.3) is 0 Å². The van der Waals surface area contributed by atoms with Crippen molar-refractivity contribution >= 4 is 17.6 Å². The molecule has 0 saturated carbocycles. The minimum Gasteiger partial charge on any atom is -0.508 e. The molecule has 2 heterocycles. The Hall–Kier alpha value is -2.90. The van der Waals surface area contributed by atoms with Crippen molar-refractivity contribution in [3.8, 4) is 22.8 Å². The number of phenolic OH excluding ortho intramolecular Hbond substituents is 2. The molecule has 0 bridgehead atoms. The molecule has 3 aromatic rings. The fourth-order valence-electron chi connectivity index (χ4n) is 3.07. The van der Waals surface area contributed by atoms with Gasteiger partial charge in [-0.3, -0.25) is 4.99 Å². The number of hydrogen-bond donors (Lipinski definition) is 2. The Morgan fingerprint density at radius 1 is 1.18 bits per heavy atom. The van der Waals surface area contributed by atoms with Gasteiger partial charge < -0.3 is 14.9 Å². The first-order valence-corrected chi connectivity index (χ1v) is 10.0. The molecular formula is C21H21N3O3S. The van der Waals surface area contributed by atoms with Crippen molar-refractivity contribution in [3.05, 3.63) is 64.3 Å². The van der Waals surface area contributed by atoms with E-state index in [9.17, 15) is 10.2 Å². The number of rotatable bonds is 5. The van der Waals surface area contributed by atoms with E-state index in [0.717, 1.165) is 29.8 Å². The third-order valence-corrected chi connectivity index (χ3v) is 5.37. The van der Waals surface area contributed by atoms with Crippen LogP contribution in [0.15, 0.2) is 64.0 Å². The Morgan fingerprint density at radius 2 is 2.04 bits per heavy atom. The van der Waals surface area contributed by atoms with Crippen LogP contribution in [0, 0.1) is 0 Å². The van der Waals surface area contributed by atoms with Gasteiger partial charge in [-0.2, -0.15) is 5.10 Å². The van der Waals surface area contributed by atoms with Gasteiger partial charge in [-0.1, -0.05) is 30.3 Å². The molecular weight excluding hydrogens is 374 g/mol. The molecule has 2 aromatic carbocycles. The molecule has 0 amide bonds. The van der Waals surface area contributed by atoms with E-state index in [1.54, 1.807) is 23.0 Å². The molecule has 1 unspecified atom stereocenters. The lowest BCUT2D eigenvalue weighted by atomic mass is 10.1. The lowest BCUT2D eigenvalue weighted by molar-refractivity contribution is 0.117. The average molecular weight is 395 g/mol. The number of ether oxygens (including phenoxy) is 1. The van der Waals surface area contributed by atoms with Crippen molar-refractivity contribution in [2.75, 3.05) is 13.2 Å². The number of aromatic nitrogens is 1. The van der Waals surface area contributed by atoms with Gasteiger partial charge in [0, 0.05) is 23.6 Å². The molecule has 1 aliphatic heterocycles. The summed E-state index contributed by atoms with van der Waals surface area (Å²) in [5, 5.41) is 26.4. The number of phenols is 2. The van der Waals surface area contributed by atoms with Crippen LogP contribution in [-0.2, 0) is 4.74 Å². The van der Waals surface area contributed by atoms with Crippen molar-refractivity contribution in [2.45, 2.75) is 18.9 Å². The maximum absolute atomic E-state index is 10.3. The highest BCUT2D eigenvalue weighted by molar-refractivity contribution is 7.07. The molecule has 1 aromatic heterocycles. The molecule has 144 valence electrons. The Labute approximate surface area is 166 Å². The summed E-state index contributed by atoms with van der Waals surface area (Å²) in [7, 11) is 0. The number of aromatic hydroxyl groups is 2. The molecule has 1 aliphatic rings. The Morgan fingerprint density at radius 3 is 2.79 bits per heavy atom. The molecule has 7 heteroatoms. The van der Waals surface area contributed by atoms with Crippen molar-refractivity contribution in [2.24, 2.45) is 10.1 Å². The molecule has 0 spiro atoms. The van der Waals surface area contributed by atoms with Crippen LogP contribution < -0.4 is 4.80 Å². The van der Waals surface area contributed by atoms with Crippen molar-refractivity contribution in [1.82, 2.24) is 4.68 Å². The standard InChI is InChI=1S/C21H21N3O3S/c25-16-8-9-18(20(26)11-16)19-14-28-21(22-13-17-7-4-10-27-17)24(19)23-12-15-5-2-1-3-6-15/h1-3,5-6,8-9,11-12,14,17,25-26H,4,7,10,13H2/b22-21?,23-12+. The predicted octanol–water partition coefficient (Wildman–Crippen LogP) is 3.59. The van der Waals surface area contributed by atoms with Gasteiger partial charge in [-0.15, -0.1) is 11.3 Å². The number of nitrogens with zero attached hydrogens (tertiary/aromatic N) is 3. The Balaban J connectivity index is 1.75. The molecule has 6 nitrogen and oxygen atoms in total. The highest BCUT2D eigenvalue weighted by atomic mass is 32.1. The topological polar surface area (TPSA) is 79.3 Å². The summed E-state index contributed by atoms with van der Waals surface area (Å²) in [5.74, 6) is 0.00578. The third kappa shape index (κ3) is 4.16. The van der Waals surface area contributed by atoms with E-state index in [2.05, 4.69) is 5.10 Å². The van der Waals surface area contributed by atoms with Crippen molar-refractivity contribution in [1.29, 1.82) is 0 Å². The van der Waals surface area contributed by atoms with Gasteiger partial charge in [0.05, 0.1) is 24.6 Å². The van der Waals surface area contributed by atoms with Crippen LogP contribution in [0.25, 0.3) is 11.3 Å². The normalized spacial score (nSPS) is 17.6. The lowest BCUT2D eigenvalue weighted by Gasteiger charge is -2.07. The van der Waals surface area contributed by atoms with E-state index in [1.807, 2.05) is 35.7 Å². The van der Waals surface area contributed by atoms with Gasteiger partial charge in [-0.05, 0) is 30.5 Å².